The van der Waals surface area contributed by atoms with Crippen LogP contribution in [0.25, 0.3) is 0 Å². The van der Waals surface area contributed by atoms with Crippen molar-refractivity contribution in [2.24, 2.45) is 0 Å². The topological polar surface area (TPSA) is 9.23 Å². The molecule has 0 aromatic heterocycles. The molecule has 0 N–H and O–H groups in total. The van der Waals surface area contributed by atoms with Gasteiger partial charge in [-0.15, -0.1) is 0 Å². The smallest absolute Gasteiger partial charge is 0.0993 e. The Hall–Kier alpha value is -0.980. The Kier molecular flexibility index (Phi) is 2.32. The van der Waals surface area contributed by atoms with E-state index in [9.17, 15) is 0 Å². The first-order valence-corrected chi connectivity index (χ1v) is 3.41. The van der Waals surface area contributed by atoms with E-state index in [0.29, 0.717) is 0 Å². The molecule has 1 heteroatoms. The van der Waals surface area contributed by atoms with Crippen LogP contribution in [0.2, 0.25) is 0 Å². The van der Waals surface area contributed by atoms with Gasteiger partial charge in [0.05, 0.1) is 12.9 Å². The van der Waals surface area contributed by atoms with Crippen molar-refractivity contribution < 1.29 is 4.74 Å². The van der Waals surface area contributed by atoms with Crippen LogP contribution >= 0.6 is 0 Å². The quantitative estimate of drug-likeness (QED) is 0.538. The van der Waals surface area contributed by atoms with Crippen LogP contribution in [0.4, 0.5) is 0 Å². The molecule has 0 aromatic carbocycles. The molecule has 0 radical (unpaired) electrons. The minimum absolute atomic E-state index is 0.907. The lowest BCUT2D eigenvalue weighted by Crippen LogP contribution is -1.81. The molecule has 54 valence electrons. The summed E-state index contributed by atoms with van der Waals surface area (Å²) in [5.74, 6) is 1.02. The molecule has 0 heterocycles. The highest BCUT2D eigenvalue weighted by Crippen LogP contribution is 2.10. The van der Waals surface area contributed by atoms with E-state index in [1.807, 2.05) is 6.08 Å². The standard InChI is InChI=1S/C9H12O/c1-8-4-3-5-9(10-2)7-6-8/h3-4,6-7H,5H2,1-2H3. The molecule has 0 amide bonds. The summed E-state index contributed by atoms with van der Waals surface area (Å²) >= 11 is 0. The fraction of sp³-hybridized carbons (Fsp3) is 0.333. The number of allylic oxidation sites excluding steroid dienone is 5. The molecule has 0 atom stereocenters. The number of methoxy groups -OCH3 is 1. The van der Waals surface area contributed by atoms with Crippen molar-refractivity contribution in [1.29, 1.82) is 0 Å². The summed E-state index contributed by atoms with van der Waals surface area (Å²) in [5, 5.41) is 0. The van der Waals surface area contributed by atoms with Crippen molar-refractivity contribution in [3.05, 3.63) is 35.6 Å². The lowest BCUT2D eigenvalue weighted by molar-refractivity contribution is 0.285. The van der Waals surface area contributed by atoms with Gasteiger partial charge in [0.15, 0.2) is 0 Å². The normalized spacial score (nSPS) is 17.4. The summed E-state index contributed by atoms with van der Waals surface area (Å²) in [6.45, 7) is 2.08. The summed E-state index contributed by atoms with van der Waals surface area (Å²) < 4.78 is 5.08. The van der Waals surface area contributed by atoms with Gasteiger partial charge in [0.1, 0.15) is 0 Å². The lowest BCUT2D eigenvalue weighted by Gasteiger charge is -1.98. The molecule has 0 fully saturated rings. The van der Waals surface area contributed by atoms with Gasteiger partial charge in [-0.05, 0) is 13.0 Å². The third kappa shape index (κ3) is 1.76. The third-order valence-corrected chi connectivity index (χ3v) is 1.49. The Morgan fingerprint density at radius 1 is 1.40 bits per heavy atom. The van der Waals surface area contributed by atoms with Crippen molar-refractivity contribution in [3.63, 3.8) is 0 Å². The van der Waals surface area contributed by atoms with Crippen molar-refractivity contribution in [1.82, 2.24) is 0 Å². The predicted octanol–water partition coefficient (Wildman–Crippen LogP) is 2.42. The number of rotatable bonds is 1. The maximum absolute atomic E-state index is 5.08. The highest BCUT2D eigenvalue weighted by atomic mass is 16.5. The van der Waals surface area contributed by atoms with Crippen molar-refractivity contribution in [3.8, 4) is 0 Å². The van der Waals surface area contributed by atoms with E-state index >= 15 is 0 Å². The zero-order valence-electron chi connectivity index (χ0n) is 6.42. The summed E-state index contributed by atoms with van der Waals surface area (Å²) in [6.07, 6.45) is 9.18. The summed E-state index contributed by atoms with van der Waals surface area (Å²) in [5.41, 5.74) is 1.27. The van der Waals surface area contributed by atoms with Crippen LogP contribution in [0, 0.1) is 0 Å². The van der Waals surface area contributed by atoms with Crippen LogP contribution in [-0.2, 0) is 4.74 Å². The lowest BCUT2D eigenvalue weighted by atomic mass is 10.3. The second-order valence-corrected chi connectivity index (χ2v) is 2.35. The molecule has 10 heavy (non-hydrogen) atoms. The Morgan fingerprint density at radius 2 is 2.20 bits per heavy atom. The van der Waals surface area contributed by atoms with Crippen LogP contribution in [0.5, 0.6) is 0 Å². The first-order valence-electron chi connectivity index (χ1n) is 3.41. The van der Waals surface area contributed by atoms with Crippen LogP contribution in [0.3, 0.4) is 0 Å². The third-order valence-electron chi connectivity index (χ3n) is 1.49. The Morgan fingerprint density at radius 3 is 2.90 bits per heavy atom. The minimum atomic E-state index is 0.907. The van der Waals surface area contributed by atoms with Crippen LogP contribution < -0.4 is 0 Å². The molecular weight excluding hydrogens is 124 g/mol. The van der Waals surface area contributed by atoms with E-state index in [-0.39, 0.29) is 0 Å². The molecule has 0 spiro atoms. The van der Waals surface area contributed by atoms with Crippen molar-refractivity contribution >= 4 is 0 Å². The molecular formula is C9H12O. The average Bonchev–Trinajstić information content (AvgIpc) is 2.14. The molecule has 1 aliphatic rings. The maximum Gasteiger partial charge on any atom is 0.0993 e. The number of ether oxygens (including phenoxy) is 1. The first-order chi connectivity index (χ1) is 4.83. The summed E-state index contributed by atoms with van der Waals surface area (Å²) in [6, 6.07) is 0. The maximum atomic E-state index is 5.08. The van der Waals surface area contributed by atoms with E-state index in [2.05, 4.69) is 25.2 Å². The van der Waals surface area contributed by atoms with Crippen molar-refractivity contribution in [2.75, 3.05) is 7.11 Å². The second kappa shape index (κ2) is 3.25. The van der Waals surface area contributed by atoms with E-state index in [1.54, 1.807) is 7.11 Å². The molecule has 1 rings (SSSR count). The highest BCUT2D eigenvalue weighted by molar-refractivity contribution is 5.27. The van der Waals surface area contributed by atoms with E-state index in [4.69, 9.17) is 4.74 Å². The van der Waals surface area contributed by atoms with E-state index < -0.39 is 0 Å². The van der Waals surface area contributed by atoms with Gasteiger partial charge in [0, 0.05) is 6.42 Å². The van der Waals surface area contributed by atoms with Crippen LogP contribution in [0.1, 0.15) is 13.3 Å². The predicted molar refractivity (Wildman–Crippen MR) is 42.6 cm³/mol. The Labute approximate surface area is 61.7 Å². The SMILES string of the molecule is COC1=CC=C(C)C=CC1. The molecule has 0 saturated carbocycles. The van der Waals surface area contributed by atoms with Gasteiger partial charge in [0.25, 0.3) is 0 Å². The molecule has 0 unspecified atom stereocenters. The van der Waals surface area contributed by atoms with Gasteiger partial charge in [0.2, 0.25) is 0 Å². The summed E-state index contributed by atoms with van der Waals surface area (Å²) in [4.78, 5) is 0. The van der Waals surface area contributed by atoms with Gasteiger partial charge < -0.3 is 4.74 Å². The molecule has 0 saturated heterocycles. The Balaban J connectivity index is 2.74. The average molecular weight is 136 g/mol. The zero-order valence-corrected chi connectivity index (χ0v) is 6.42. The van der Waals surface area contributed by atoms with Crippen molar-refractivity contribution in [2.45, 2.75) is 13.3 Å². The molecule has 1 nitrogen and oxygen atoms in total. The molecule has 0 bridgehead atoms. The fourth-order valence-electron chi connectivity index (χ4n) is 0.860. The van der Waals surface area contributed by atoms with Gasteiger partial charge in [-0.1, -0.05) is 23.8 Å². The monoisotopic (exact) mass is 136 g/mol. The van der Waals surface area contributed by atoms with Gasteiger partial charge in [-0.2, -0.15) is 0 Å². The first kappa shape index (κ1) is 7.13. The fourth-order valence-corrected chi connectivity index (χ4v) is 0.860. The van der Waals surface area contributed by atoms with E-state index in [0.717, 1.165) is 12.2 Å². The molecule has 0 aliphatic heterocycles. The van der Waals surface area contributed by atoms with Gasteiger partial charge in [-0.3, -0.25) is 0 Å². The van der Waals surface area contributed by atoms with Crippen LogP contribution in [0.15, 0.2) is 35.6 Å². The largest absolute Gasteiger partial charge is 0.501 e. The van der Waals surface area contributed by atoms with E-state index in [1.165, 1.54) is 5.57 Å². The number of hydrogen-bond donors (Lipinski definition) is 0. The Bertz CT molecular complexity index is 197. The minimum Gasteiger partial charge on any atom is -0.501 e. The van der Waals surface area contributed by atoms with Gasteiger partial charge in [-0.25, -0.2) is 0 Å². The van der Waals surface area contributed by atoms with Gasteiger partial charge >= 0.3 is 0 Å². The van der Waals surface area contributed by atoms with Crippen LogP contribution in [-0.4, -0.2) is 7.11 Å². The highest BCUT2D eigenvalue weighted by Gasteiger charge is 1.93. The summed E-state index contributed by atoms with van der Waals surface area (Å²) in [7, 11) is 1.70. The zero-order chi connectivity index (χ0) is 7.40. The second-order valence-electron chi connectivity index (χ2n) is 2.35. The number of hydrogen-bond acceptors (Lipinski definition) is 1. The molecule has 0 aromatic rings. The molecule has 1 aliphatic carbocycles.